The number of aryl methyl sites for hydroxylation is 1. The van der Waals surface area contributed by atoms with Crippen molar-refractivity contribution in [2.24, 2.45) is 5.92 Å². The lowest BCUT2D eigenvalue weighted by Crippen LogP contribution is -2.44. The molecule has 6 heterocycles. The first-order valence-corrected chi connectivity index (χ1v) is 9.29. The molecular formula is C17H21N5O2S. The van der Waals surface area contributed by atoms with Crippen molar-refractivity contribution in [1.82, 2.24) is 25.1 Å². The van der Waals surface area contributed by atoms with Gasteiger partial charge >= 0.3 is 0 Å². The van der Waals surface area contributed by atoms with Gasteiger partial charge in [-0.2, -0.15) is 5.10 Å². The van der Waals surface area contributed by atoms with E-state index in [4.69, 9.17) is 4.98 Å². The topological polar surface area (TPSA) is 109 Å². The van der Waals surface area contributed by atoms with Crippen LogP contribution < -0.4 is 5.56 Å². The average molecular weight is 359 g/mol. The molecule has 0 amide bonds. The SMILES string of the molecule is Cc1[nH]ncc1-c1cc2nc([C@@H]3CC4CCN3CC4)[nH]c(=O)c2s1.O. The Morgan fingerprint density at radius 1 is 1.32 bits per heavy atom. The maximum atomic E-state index is 12.6. The number of fused-ring (bicyclic) bond motifs is 4. The zero-order valence-corrected chi connectivity index (χ0v) is 14.8. The van der Waals surface area contributed by atoms with Crippen molar-refractivity contribution >= 4 is 21.6 Å². The second-order valence-corrected chi connectivity index (χ2v) is 7.97. The molecule has 0 radical (unpaired) electrons. The van der Waals surface area contributed by atoms with Gasteiger partial charge in [0.05, 0.1) is 17.8 Å². The summed E-state index contributed by atoms with van der Waals surface area (Å²) in [6.07, 6.45) is 5.49. The van der Waals surface area contributed by atoms with E-state index in [1.54, 1.807) is 6.20 Å². The summed E-state index contributed by atoms with van der Waals surface area (Å²) in [5, 5.41) is 7.03. The smallest absolute Gasteiger partial charge is 0.268 e. The van der Waals surface area contributed by atoms with Gasteiger partial charge in [-0.3, -0.25) is 14.8 Å². The highest BCUT2D eigenvalue weighted by molar-refractivity contribution is 7.22. The van der Waals surface area contributed by atoms with Gasteiger partial charge in [0.25, 0.3) is 5.56 Å². The summed E-state index contributed by atoms with van der Waals surface area (Å²) in [6.45, 7) is 4.24. The Morgan fingerprint density at radius 3 is 2.76 bits per heavy atom. The van der Waals surface area contributed by atoms with Crippen molar-refractivity contribution in [2.75, 3.05) is 13.1 Å². The molecule has 3 aliphatic rings. The lowest BCUT2D eigenvalue weighted by Gasteiger charge is -2.44. The Kier molecular flexibility index (Phi) is 3.98. The Labute approximate surface area is 148 Å². The summed E-state index contributed by atoms with van der Waals surface area (Å²) >= 11 is 1.49. The van der Waals surface area contributed by atoms with Crippen molar-refractivity contribution in [1.29, 1.82) is 0 Å². The van der Waals surface area contributed by atoms with Crippen LogP contribution >= 0.6 is 11.3 Å². The van der Waals surface area contributed by atoms with Crippen LogP contribution in [-0.2, 0) is 0 Å². The molecule has 4 N–H and O–H groups in total. The average Bonchev–Trinajstić information content (AvgIpc) is 3.21. The Morgan fingerprint density at radius 2 is 2.12 bits per heavy atom. The molecule has 25 heavy (non-hydrogen) atoms. The molecule has 0 saturated carbocycles. The van der Waals surface area contributed by atoms with Gasteiger partial charge in [0.15, 0.2) is 0 Å². The largest absolute Gasteiger partial charge is 0.412 e. The van der Waals surface area contributed by atoms with E-state index in [0.717, 1.165) is 52.9 Å². The highest BCUT2D eigenvalue weighted by atomic mass is 32.1. The fraction of sp³-hybridized carbons (Fsp3) is 0.471. The van der Waals surface area contributed by atoms with Crippen LogP contribution in [-0.4, -0.2) is 43.6 Å². The molecule has 6 rings (SSSR count). The van der Waals surface area contributed by atoms with Crippen LogP contribution in [0.3, 0.4) is 0 Å². The summed E-state index contributed by atoms with van der Waals surface area (Å²) in [4.78, 5) is 24.0. The van der Waals surface area contributed by atoms with Crippen LogP contribution in [0.5, 0.6) is 0 Å². The van der Waals surface area contributed by atoms with Crippen LogP contribution in [0.2, 0.25) is 0 Å². The predicted octanol–water partition coefficient (Wildman–Crippen LogP) is 2.02. The third kappa shape index (κ3) is 2.61. The molecule has 0 unspecified atom stereocenters. The molecule has 132 valence electrons. The third-order valence-electron chi connectivity index (χ3n) is 5.46. The second kappa shape index (κ2) is 6.05. The number of thiophene rings is 1. The van der Waals surface area contributed by atoms with Crippen molar-refractivity contribution in [3.05, 3.63) is 34.1 Å². The van der Waals surface area contributed by atoms with Gasteiger partial charge in [0.1, 0.15) is 10.5 Å². The minimum Gasteiger partial charge on any atom is -0.412 e. The Balaban J connectivity index is 0.00000157. The molecule has 3 aromatic rings. The Hall–Kier alpha value is -2.03. The first-order valence-electron chi connectivity index (χ1n) is 8.47. The minimum atomic E-state index is -0.0185. The number of nitrogens with zero attached hydrogens (tertiary/aromatic N) is 3. The van der Waals surface area contributed by atoms with Gasteiger partial charge in [0.2, 0.25) is 0 Å². The van der Waals surface area contributed by atoms with E-state index in [1.807, 2.05) is 13.0 Å². The highest BCUT2D eigenvalue weighted by Gasteiger charge is 2.35. The standard InChI is InChI=1S/C17H19N5OS.H2O/c1-9-11(8-18-21-9)14-7-12-15(24-14)17(23)20-16(19-12)13-6-10-2-4-22(13)5-3-10;/h7-8,10,13H,2-6H2,1H3,(H,18,21)(H,19,20,23);1H2/t13-;/m0./s1. The summed E-state index contributed by atoms with van der Waals surface area (Å²) in [5.74, 6) is 1.62. The molecule has 0 aromatic carbocycles. The third-order valence-corrected chi connectivity index (χ3v) is 6.62. The Bertz CT molecular complexity index is 967. The van der Waals surface area contributed by atoms with Gasteiger partial charge in [-0.25, -0.2) is 4.98 Å². The molecule has 2 bridgehead atoms. The summed E-state index contributed by atoms with van der Waals surface area (Å²) in [6, 6.07) is 2.29. The van der Waals surface area contributed by atoms with E-state index < -0.39 is 0 Å². The van der Waals surface area contributed by atoms with Crippen molar-refractivity contribution < 1.29 is 5.48 Å². The number of aromatic amines is 2. The number of aromatic nitrogens is 4. The fourth-order valence-electron chi connectivity index (χ4n) is 4.10. The summed E-state index contributed by atoms with van der Waals surface area (Å²) in [5.41, 5.74) is 2.83. The van der Waals surface area contributed by atoms with Crippen molar-refractivity contribution in [3.63, 3.8) is 0 Å². The van der Waals surface area contributed by atoms with Crippen LogP contribution in [0.25, 0.3) is 20.7 Å². The minimum absolute atomic E-state index is 0. The van der Waals surface area contributed by atoms with Crippen molar-refractivity contribution in [3.8, 4) is 10.4 Å². The van der Waals surface area contributed by atoms with Crippen molar-refractivity contribution in [2.45, 2.75) is 32.2 Å². The number of piperidine rings is 3. The number of hydrogen-bond donors (Lipinski definition) is 2. The van der Waals surface area contributed by atoms with Gasteiger partial charge in [-0.1, -0.05) is 0 Å². The molecule has 3 fully saturated rings. The molecular weight excluding hydrogens is 338 g/mol. The van der Waals surface area contributed by atoms with E-state index in [2.05, 4.69) is 20.1 Å². The van der Waals surface area contributed by atoms with E-state index in [9.17, 15) is 4.79 Å². The fourth-order valence-corrected chi connectivity index (χ4v) is 5.16. The van der Waals surface area contributed by atoms with Gasteiger partial charge in [-0.05, 0) is 51.3 Å². The molecule has 3 aromatic heterocycles. The summed E-state index contributed by atoms with van der Waals surface area (Å²) < 4.78 is 0.699. The normalized spacial score (nSPS) is 25.2. The van der Waals surface area contributed by atoms with Gasteiger partial charge < -0.3 is 10.5 Å². The van der Waals surface area contributed by atoms with E-state index in [0.29, 0.717) is 4.70 Å². The number of rotatable bonds is 2. The first-order chi connectivity index (χ1) is 11.7. The van der Waals surface area contributed by atoms with Crippen LogP contribution in [0, 0.1) is 12.8 Å². The van der Waals surface area contributed by atoms with Crippen LogP contribution in [0.15, 0.2) is 17.1 Å². The number of nitrogens with one attached hydrogen (secondary N) is 2. The highest BCUT2D eigenvalue weighted by Crippen LogP contribution is 2.40. The van der Waals surface area contributed by atoms with E-state index >= 15 is 0 Å². The maximum absolute atomic E-state index is 12.6. The predicted molar refractivity (Wildman–Crippen MR) is 97.8 cm³/mol. The summed E-state index contributed by atoms with van der Waals surface area (Å²) in [7, 11) is 0. The molecule has 0 aliphatic carbocycles. The van der Waals surface area contributed by atoms with Gasteiger partial charge in [-0.15, -0.1) is 11.3 Å². The van der Waals surface area contributed by atoms with E-state index in [-0.39, 0.29) is 17.1 Å². The monoisotopic (exact) mass is 359 g/mol. The van der Waals surface area contributed by atoms with Crippen LogP contribution in [0.4, 0.5) is 0 Å². The molecule has 3 aliphatic heterocycles. The maximum Gasteiger partial charge on any atom is 0.268 e. The first kappa shape index (κ1) is 16.4. The zero-order chi connectivity index (χ0) is 16.3. The molecule has 8 heteroatoms. The van der Waals surface area contributed by atoms with Gasteiger partial charge in [0, 0.05) is 16.1 Å². The number of hydrogen-bond acceptors (Lipinski definition) is 5. The lowest BCUT2D eigenvalue weighted by molar-refractivity contribution is 0.0445. The molecule has 3 saturated heterocycles. The number of H-pyrrole nitrogens is 2. The molecule has 7 nitrogen and oxygen atoms in total. The van der Waals surface area contributed by atoms with Crippen LogP contribution in [0.1, 0.15) is 36.8 Å². The van der Waals surface area contributed by atoms with E-state index in [1.165, 1.54) is 24.2 Å². The molecule has 0 spiro atoms. The molecule has 1 atom stereocenters. The quantitative estimate of drug-likeness (QED) is 0.729. The zero-order valence-electron chi connectivity index (χ0n) is 14.0. The second-order valence-electron chi connectivity index (χ2n) is 6.92. The lowest BCUT2D eigenvalue weighted by atomic mass is 9.83.